The van der Waals surface area contributed by atoms with Crippen LogP contribution in [0.25, 0.3) is 22.4 Å². The first-order valence-corrected chi connectivity index (χ1v) is 5.99. The van der Waals surface area contributed by atoms with Crippen LogP contribution in [0.5, 0.6) is 0 Å². The Morgan fingerprint density at radius 3 is 2.16 bits per heavy atom. The Balaban J connectivity index is 2.13. The van der Waals surface area contributed by atoms with Crippen molar-refractivity contribution < 1.29 is 0 Å². The Bertz CT molecular complexity index is 655. The maximum absolute atomic E-state index is 5.83. The van der Waals surface area contributed by atoms with Gasteiger partial charge in [0, 0.05) is 22.5 Å². The molecular weight excluding hydrogens is 236 g/mol. The highest BCUT2D eigenvalue weighted by atomic mass is 15.1. The van der Waals surface area contributed by atoms with E-state index in [0.717, 1.165) is 33.8 Å². The van der Waals surface area contributed by atoms with E-state index in [1.54, 1.807) is 6.20 Å². The zero-order valence-electron chi connectivity index (χ0n) is 10.3. The summed E-state index contributed by atoms with van der Waals surface area (Å²) >= 11 is 0. The molecule has 0 radical (unpaired) electrons. The van der Waals surface area contributed by atoms with Crippen LogP contribution >= 0.6 is 0 Å². The number of aromatic amines is 1. The molecule has 0 spiro atoms. The minimum Gasteiger partial charge on any atom is -0.399 e. The summed E-state index contributed by atoms with van der Waals surface area (Å²) in [5.41, 5.74) is 17.1. The van der Waals surface area contributed by atoms with E-state index in [4.69, 9.17) is 11.5 Å². The van der Waals surface area contributed by atoms with E-state index in [9.17, 15) is 0 Å². The number of rotatable bonds is 2. The molecule has 0 unspecified atom stereocenters. The van der Waals surface area contributed by atoms with E-state index in [-0.39, 0.29) is 0 Å². The molecule has 0 aliphatic heterocycles. The molecule has 4 heteroatoms. The summed E-state index contributed by atoms with van der Waals surface area (Å²) in [4.78, 5) is 0. The number of hydrogen-bond acceptors (Lipinski definition) is 3. The van der Waals surface area contributed by atoms with Crippen LogP contribution in [-0.4, -0.2) is 10.2 Å². The van der Waals surface area contributed by atoms with Gasteiger partial charge in [-0.1, -0.05) is 24.3 Å². The van der Waals surface area contributed by atoms with Gasteiger partial charge in [-0.05, 0) is 29.8 Å². The van der Waals surface area contributed by atoms with Gasteiger partial charge in [-0.3, -0.25) is 5.10 Å². The number of nitrogens with two attached hydrogens (primary N) is 2. The van der Waals surface area contributed by atoms with Crippen LogP contribution in [0, 0.1) is 0 Å². The molecule has 1 heterocycles. The topological polar surface area (TPSA) is 80.7 Å². The van der Waals surface area contributed by atoms with Crippen LogP contribution in [0.1, 0.15) is 0 Å². The zero-order chi connectivity index (χ0) is 13.2. The van der Waals surface area contributed by atoms with Crippen LogP contribution in [0.2, 0.25) is 0 Å². The van der Waals surface area contributed by atoms with Gasteiger partial charge in [-0.25, -0.2) is 0 Å². The summed E-state index contributed by atoms with van der Waals surface area (Å²) in [5.74, 6) is 0. The molecule has 0 saturated heterocycles. The molecule has 0 fully saturated rings. The molecule has 0 aliphatic carbocycles. The number of aromatic nitrogens is 2. The number of nitrogen functional groups attached to an aromatic ring is 2. The smallest absolute Gasteiger partial charge is 0.0729 e. The molecular formula is C15H14N4. The van der Waals surface area contributed by atoms with E-state index in [0.29, 0.717) is 0 Å². The van der Waals surface area contributed by atoms with E-state index >= 15 is 0 Å². The zero-order valence-corrected chi connectivity index (χ0v) is 10.3. The standard InChI is InChI=1S/C15H14N4/c16-12-5-1-3-10(7-12)14-9-18-19-15(14)11-4-2-6-13(17)8-11/h1-9H,16-17H2,(H,18,19). The van der Waals surface area contributed by atoms with Crippen LogP contribution in [0.15, 0.2) is 54.7 Å². The fourth-order valence-corrected chi connectivity index (χ4v) is 2.13. The summed E-state index contributed by atoms with van der Waals surface area (Å²) in [5, 5.41) is 7.15. The van der Waals surface area contributed by atoms with Gasteiger partial charge in [0.1, 0.15) is 0 Å². The monoisotopic (exact) mass is 250 g/mol. The van der Waals surface area contributed by atoms with Crippen LogP contribution in [0.4, 0.5) is 11.4 Å². The average molecular weight is 250 g/mol. The highest BCUT2D eigenvalue weighted by molar-refractivity contribution is 5.82. The normalized spacial score (nSPS) is 10.5. The molecule has 0 atom stereocenters. The molecule has 0 aliphatic rings. The molecule has 0 saturated carbocycles. The Morgan fingerprint density at radius 1 is 0.842 bits per heavy atom. The molecule has 5 N–H and O–H groups in total. The molecule has 19 heavy (non-hydrogen) atoms. The van der Waals surface area contributed by atoms with Gasteiger partial charge < -0.3 is 11.5 Å². The Labute approximate surface area is 111 Å². The fourth-order valence-electron chi connectivity index (χ4n) is 2.13. The predicted molar refractivity (Wildman–Crippen MR) is 78.3 cm³/mol. The number of nitrogens with zero attached hydrogens (tertiary/aromatic N) is 1. The lowest BCUT2D eigenvalue weighted by atomic mass is 10.0. The van der Waals surface area contributed by atoms with Crippen LogP contribution < -0.4 is 11.5 Å². The summed E-state index contributed by atoms with van der Waals surface area (Å²) in [6.07, 6.45) is 1.80. The van der Waals surface area contributed by atoms with Crippen molar-refractivity contribution in [3.63, 3.8) is 0 Å². The molecule has 3 rings (SSSR count). The van der Waals surface area contributed by atoms with Gasteiger partial charge in [-0.2, -0.15) is 5.10 Å². The maximum atomic E-state index is 5.83. The molecule has 4 nitrogen and oxygen atoms in total. The first kappa shape index (κ1) is 11.3. The minimum absolute atomic E-state index is 0.727. The lowest BCUT2D eigenvalue weighted by Crippen LogP contribution is -1.88. The van der Waals surface area contributed by atoms with Crippen LogP contribution in [0.3, 0.4) is 0 Å². The second kappa shape index (κ2) is 4.49. The Morgan fingerprint density at radius 2 is 1.47 bits per heavy atom. The summed E-state index contributed by atoms with van der Waals surface area (Å²) in [6.45, 7) is 0. The van der Waals surface area contributed by atoms with Crippen molar-refractivity contribution in [1.29, 1.82) is 0 Å². The van der Waals surface area contributed by atoms with Gasteiger partial charge in [0.2, 0.25) is 0 Å². The first-order chi connectivity index (χ1) is 9.24. The first-order valence-electron chi connectivity index (χ1n) is 5.99. The lowest BCUT2D eigenvalue weighted by Gasteiger charge is -2.05. The van der Waals surface area contributed by atoms with Crippen molar-refractivity contribution in [3.8, 4) is 22.4 Å². The predicted octanol–water partition coefficient (Wildman–Crippen LogP) is 2.91. The van der Waals surface area contributed by atoms with Crippen molar-refractivity contribution in [2.75, 3.05) is 11.5 Å². The number of anilines is 2. The highest BCUT2D eigenvalue weighted by Crippen LogP contribution is 2.31. The quantitative estimate of drug-likeness (QED) is 0.612. The molecule has 3 aromatic rings. The van der Waals surface area contributed by atoms with E-state index in [1.807, 2.05) is 48.5 Å². The summed E-state index contributed by atoms with van der Waals surface area (Å²) in [7, 11) is 0. The second-order valence-electron chi connectivity index (χ2n) is 4.41. The van der Waals surface area contributed by atoms with Crippen molar-refractivity contribution in [3.05, 3.63) is 54.7 Å². The summed E-state index contributed by atoms with van der Waals surface area (Å²) < 4.78 is 0. The van der Waals surface area contributed by atoms with Crippen molar-refractivity contribution in [2.24, 2.45) is 0 Å². The van der Waals surface area contributed by atoms with Gasteiger partial charge >= 0.3 is 0 Å². The Hall–Kier alpha value is -2.75. The minimum atomic E-state index is 0.727. The molecule has 1 aromatic heterocycles. The fraction of sp³-hybridized carbons (Fsp3) is 0. The molecule has 0 bridgehead atoms. The highest BCUT2D eigenvalue weighted by Gasteiger charge is 2.10. The number of benzene rings is 2. The third kappa shape index (κ3) is 2.15. The number of H-pyrrole nitrogens is 1. The largest absolute Gasteiger partial charge is 0.399 e. The van der Waals surface area contributed by atoms with Gasteiger partial charge in [0.05, 0.1) is 11.9 Å². The van der Waals surface area contributed by atoms with E-state index in [2.05, 4.69) is 10.2 Å². The summed E-state index contributed by atoms with van der Waals surface area (Å²) in [6, 6.07) is 15.4. The van der Waals surface area contributed by atoms with E-state index < -0.39 is 0 Å². The Kier molecular flexibility index (Phi) is 2.68. The third-order valence-electron chi connectivity index (χ3n) is 3.01. The lowest BCUT2D eigenvalue weighted by molar-refractivity contribution is 1.10. The second-order valence-corrected chi connectivity index (χ2v) is 4.41. The van der Waals surface area contributed by atoms with Gasteiger partial charge in [-0.15, -0.1) is 0 Å². The average Bonchev–Trinajstić information content (AvgIpc) is 2.88. The molecule has 94 valence electrons. The van der Waals surface area contributed by atoms with Crippen LogP contribution in [-0.2, 0) is 0 Å². The van der Waals surface area contributed by atoms with E-state index in [1.165, 1.54) is 0 Å². The maximum Gasteiger partial charge on any atom is 0.0729 e. The number of hydrogen-bond donors (Lipinski definition) is 3. The van der Waals surface area contributed by atoms with Crippen molar-refractivity contribution in [1.82, 2.24) is 10.2 Å². The molecule has 0 amide bonds. The molecule has 2 aromatic carbocycles. The number of nitrogens with one attached hydrogen (secondary N) is 1. The van der Waals surface area contributed by atoms with Gasteiger partial charge in [0.25, 0.3) is 0 Å². The van der Waals surface area contributed by atoms with Crippen molar-refractivity contribution >= 4 is 11.4 Å². The van der Waals surface area contributed by atoms with Gasteiger partial charge in [0.15, 0.2) is 0 Å². The van der Waals surface area contributed by atoms with Crippen molar-refractivity contribution in [2.45, 2.75) is 0 Å². The third-order valence-corrected chi connectivity index (χ3v) is 3.01. The SMILES string of the molecule is Nc1cccc(-c2cn[nH]c2-c2cccc(N)c2)c1.